The molecule has 0 atom stereocenters. The second-order valence-electron chi connectivity index (χ2n) is 7.79. The smallest absolute Gasteiger partial charge is 0.269 e. The zero-order chi connectivity index (χ0) is 23.9. The number of carbonyl (C=O) groups is 2. The summed E-state index contributed by atoms with van der Waals surface area (Å²) in [4.78, 5) is 25.9. The molecule has 1 aromatic heterocycles. The van der Waals surface area contributed by atoms with E-state index >= 15 is 0 Å². The van der Waals surface area contributed by atoms with Gasteiger partial charge in [-0.05, 0) is 53.4 Å². The van der Waals surface area contributed by atoms with E-state index in [4.69, 9.17) is 11.6 Å². The number of amides is 2. The topological polar surface area (TPSA) is 102 Å². The van der Waals surface area contributed by atoms with E-state index in [9.17, 15) is 9.59 Å². The van der Waals surface area contributed by atoms with Crippen molar-refractivity contribution in [2.24, 2.45) is 0 Å². The molecule has 0 aliphatic heterocycles. The number of hydrogen-bond donors (Lipinski definition) is 2. The molecule has 0 saturated carbocycles. The van der Waals surface area contributed by atoms with Gasteiger partial charge in [-0.2, -0.15) is 4.80 Å². The molecule has 0 saturated heterocycles. The molecule has 0 unspecified atom stereocenters. The van der Waals surface area contributed by atoms with Crippen molar-refractivity contribution in [2.45, 2.75) is 26.3 Å². The van der Waals surface area contributed by atoms with Gasteiger partial charge in [-0.15, -0.1) is 10.2 Å². The minimum absolute atomic E-state index is 0.231. The number of halogens is 1. The van der Waals surface area contributed by atoms with Gasteiger partial charge in [0.05, 0.1) is 6.54 Å². The van der Waals surface area contributed by atoms with Gasteiger partial charge in [0, 0.05) is 22.6 Å². The molecule has 0 bridgehead atoms. The first kappa shape index (κ1) is 23.1. The lowest BCUT2D eigenvalue weighted by atomic mass is 10.1. The van der Waals surface area contributed by atoms with Gasteiger partial charge in [-0.1, -0.05) is 66.2 Å². The molecule has 1 heterocycles. The molecule has 0 radical (unpaired) electrons. The summed E-state index contributed by atoms with van der Waals surface area (Å²) in [7, 11) is 0. The Bertz CT molecular complexity index is 1290. The van der Waals surface area contributed by atoms with E-state index in [1.807, 2.05) is 67.6 Å². The number of aromatic nitrogens is 4. The quantitative estimate of drug-likeness (QED) is 0.397. The molecule has 0 aliphatic rings. The summed E-state index contributed by atoms with van der Waals surface area (Å²) in [6.07, 6.45) is 0.757. The normalized spacial score (nSPS) is 10.6. The number of nitrogens with zero attached hydrogens (tertiary/aromatic N) is 4. The SMILES string of the molecule is Cc1ccc(CCC(=O)NNC(=O)c2ccc(Cn3nnc(-c4ccccc4)n3)cc2)cc1Cl. The van der Waals surface area contributed by atoms with Gasteiger partial charge >= 0.3 is 0 Å². The van der Waals surface area contributed by atoms with Crippen molar-refractivity contribution < 1.29 is 9.59 Å². The van der Waals surface area contributed by atoms with Crippen LogP contribution in [-0.4, -0.2) is 32.0 Å². The van der Waals surface area contributed by atoms with Crippen molar-refractivity contribution in [2.75, 3.05) is 0 Å². The summed E-state index contributed by atoms with van der Waals surface area (Å²) < 4.78 is 0. The van der Waals surface area contributed by atoms with Gasteiger partial charge in [0.15, 0.2) is 0 Å². The molecule has 8 nitrogen and oxygen atoms in total. The molecule has 9 heteroatoms. The monoisotopic (exact) mass is 474 g/mol. The van der Waals surface area contributed by atoms with Crippen LogP contribution < -0.4 is 10.9 Å². The van der Waals surface area contributed by atoms with E-state index in [1.165, 1.54) is 4.80 Å². The fourth-order valence-corrected chi connectivity index (χ4v) is 3.45. The van der Waals surface area contributed by atoms with Gasteiger partial charge in [-0.25, -0.2) is 0 Å². The average molecular weight is 475 g/mol. The first-order valence-corrected chi connectivity index (χ1v) is 11.1. The summed E-state index contributed by atoms with van der Waals surface area (Å²) >= 11 is 6.11. The molecule has 3 aromatic carbocycles. The molecule has 2 N–H and O–H groups in total. The maximum Gasteiger partial charge on any atom is 0.269 e. The van der Waals surface area contributed by atoms with Gasteiger partial charge in [0.1, 0.15) is 0 Å². The van der Waals surface area contributed by atoms with Crippen LogP contribution in [0.5, 0.6) is 0 Å². The molecule has 0 fully saturated rings. The molecule has 0 spiro atoms. The minimum Gasteiger partial charge on any atom is -0.273 e. The van der Waals surface area contributed by atoms with E-state index in [0.717, 1.165) is 22.3 Å². The Morgan fingerprint density at radius 3 is 2.41 bits per heavy atom. The van der Waals surface area contributed by atoms with Crippen LogP contribution in [0.1, 0.15) is 33.5 Å². The van der Waals surface area contributed by atoms with Gasteiger partial charge in [-0.3, -0.25) is 20.4 Å². The third kappa shape index (κ3) is 6.05. The molecule has 34 heavy (non-hydrogen) atoms. The predicted octanol–water partition coefficient (Wildman–Crippen LogP) is 3.74. The Morgan fingerprint density at radius 2 is 1.68 bits per heavy atom. The first-order valence-electron chi connectivity index (χ1n) is 10.7. The van der Waals surface area contributed by atoms with Crippen molar-refractivity contribution in [1.82, 2.24) is 31.1 Å². The number of tetrazole rings is 1. The number of hydrazine groups is 1. The number of carbonyl (C=O) groups excluding carboxylic acids is 2. The van der Waals surface area contributed by atoms with Crippen LogP contribution in [0.2, 0.25) is 5.02 Å². The van der Waals surface area contributed by atoms with Crippen LogP contribution in [0.3, 0.4) is 0 Å². The molecule has 2 amide bonds. The largest absolute Gasteiger partial charge is 0.273 e. The summed E-state index contributed by atoms with van der Waals surface area (Å²) in [5.74, 6) is -0.130. The number of aryl methyl sites for hydroxylation is 2. The lowest BCUT2D eigenvalue weighted by Gasteiger charge is -2.08. The third-order valence-electron chi connectivity index (χ3n) is 5.22. The molecular weight excluding hydrogens is 452 g/mol. The van der Waals surface area contributed by atoms with Gasteiger partial charge < -0.3 is 0 Å². The van der Waals surface area contributed by atoms with Crippen molar-refractivity contribution >= 4 is 23.4 Å². The summed E-state index contributed by atoms with van der Waals surface area (Å²) in [5, 5.41) is 13.2. The van der Waals surface area contributed by atoms with E-state index in [-0.39, 0.29) is 12.3 Å². The zero-order valence-corrected chi connectivity index (χ0v) is 19.3. The Morgan fingerprint density at radius 1 is 0.941 bits per heavy atom. The highest BCUT2D eigenvalue weighted by molar-refractivity contribution is 6.31. The Kier molecular flexibility index (Phi) is 7.29. The molecule has 4 rings (SSSR count). The fourth-order valence-electron chi connectivity index (χ4n) is 3.25. The van der Waals surface area contributed by atoms with Crippen LogP contribution in [0, 0.1) is 6.92 Å². The second-order valence-corrected chi connectivity index (χ2v) is 8.20. The zero-order valence-electron chi connectivity index (χ0n) is 18.5. The molecule has 0 aliphatic carbocycles. The highest BCUT2D eigenvalue weighted by Gasteiger charge is 2.10. The predicted molar refractivity (Wildman–Crippen MR) is 129 cm³/mol. The van der Waals surface area contributed by atoms with Crippen LogP contribution in [-0.2, 0) is 17.8 Å². The van der Waals surface area contributed by atoms with Crippen LogP contribution in [0.15, 0.2) is 72.8 Å². The van der Waals surface area contributed by atoms with E-state index in [2.05, 4.69) is 26.3 Å². The van der Waals surface area contributed by atoms with Crippen LogP contribution >= 0.6 is 11.6 Å². The van der Waals surface area contributed by atoms with Gasteiger partial charge in [0.2, 0.25) is 11.7 Å². The van der Waals surface area contributed by atoms with E-state index in [0.29, 0.717) is 29.4 Å². The van der Waals surface area contributed by atoms with E-state index in [1.54, 1.807) is 12.1 Å². The maximum absolute atomic E-state index is 12.4. The lowest BCUT2D eigenvalue weighted by molar-refractivity contribution is -0.121. The Balaban J connectivity index is 1.25. The lowest BCUT2D eigenvalue weighted by Crippen LogP contribution is -2.41. The van der Waals surface area contributed by atoms with Crippen molar-refractivity contribution in [3.05, 3.63) is 100 Å². The number of hydrogen-bond acceptors (Lipinski definition) is 5. The second kappa shape index (κ2) is 10.7. The van der Waals surface area contributed by atoms with Crippen LogP contribution in [0.4, 0.5) is 0 Å². The minimum atomic E-state index is -0.400. The summed E-state index contributed by atoms with van der Waals surface area (Å²) in [5.41, 5.74) is 9.07. The first-order chi connectivity index (χ1) is 16.5. The molecule has 172 valence electrons. The van der Waals surface area contributed by atoms with Crippen molar-refractivity contribution in [3.63, 3.8) is 0 Å². The van der Waals surface area contributed by atoms with Crippen molar-refractivity contribution in [3.8, 4) is 11.4 Å². The van der Waals surface area contributed by atoms with Crippen LogP contribution in [0.25, 0.3) is 11.4 Å². The third-order valence-corrected chi connectivity index (χ3v) is 5.62. The average Bonchev–Trinajstić information content (AvgIpc) is 3.33. The van der Waals surface area contributed by atoms with Crippen molar-refractivity contribution in [1.29, 1.82) is 0 Å². The molecular formula is C25H23ClN6O2. The summed E-state index contributed by atoms with van der Waals surface area (Å²) in [6.45, 7) is 2.34. The van der Waals surface area contributed by atoms with Gasteiger partial charge in [0.25, 0.3) is 5.91 Å². The molecule has 4 aromatic rings. The standard InChI is InChI=1S/C25H23ClN6O2/c1-17-7-8-18(15-22(17)26)11-14-23(33)27-29-25(34)21-12-9-19(10-13-21)16-32-30-24(28-31-32)20-5-3-2-4-6-20/h2-10,12-13,15H,11,14,16H2,1H3,(H,27,33)(H,29,34). The highest BCUT2D eigenvalue weighted by Crippen LogP contribution is 2.17. The highest BCUT2D eigenvalue weighted by atomic mass is 35.5. The Hall–Kier alpha value is -4.04. The van der Waals surface area contributed by atoms with E-state index < -0.39 is 5.91 Å². The number of rotatable bonds is 7. The summed E-state index contributed by atoms with van der Waals surface area (Å²) in [6, 6.07) is 22.3. The number of benzene rings is 3. The number of nitrogens with one attached hydrogen (secondary N) is 2. The Labute approximate surface area is 201 Å². The maximum atomic E-state index is 12.4. The fraction of sp³-hybridized carbons (Fsp3) is 0.160.